The molecule has 144 valence electrons. The largest absolute Gasteiger partial charge is 0.459 e. The van der Waals surface area contributed by atoms with Gasteiger partial charge >= 0.3 is 5.97 Å². The summed E-state index contributed by atoms with van der Waals surface area (Å²) in [5.41, 5.74) is 0. The van der Waals surface area contributed by atoms with Crippen LogP contribution < -0.4 is 10.6 Å². The van der Waals surface area contributed by atoms with Crippen molar-refractivity contribution in [1.29, 1.82) is 0 Å². The van der Waals surface area contributed by atoms with Gasteiger partial charge in [-0.2, -0.15) is 0 Å². The van der Waals surface area contributed by atoms with Gasteiger partial charge in [-0.15, -0.1) is 0 Å². The summed E-state index contributed by atoms with van der Waals surface area (Å²) in [6.07, 6.45) is 5.72. The predicted octanol–water partition coefficient (Wildman–Crippen LogP) is 2.27. The number of furan rings is 1. The molecule has 1 saturated carbocycles. The van der Waals surface area contributed by atoms with Crippen molar-refractivity contribution < 1.29 is 23.5 Å². The van der Waals surface area contributed by atoms with Gasteiger partial charge in [0.1, 0.15) is 6.04 Å². The van der Waals surface area contributed by atoms with E-state index in [1.54, 1.807) is 19.9 Å². The number of hydrogen-bond acceptors (Lipinski definition) is 5. The lowest BCUT2D eigenvalue weighted by Crippen LogP contribution is -2.47. The van der Waals surface area contributed by atoms with Crippen molar-refractivity contribution >= 4 is 17.8 Å². The molecule has 1 aromatic heterocycles. The molecule has 0 aromatic carbocycles. The molecule has 2 rings (SSSR count). The van der Waals surface area contributed by atoms with Gasteiger partial charge in [-0.1, -0.05) is 33.6 Å². The second-order valence-electron chi connectivity index (χ2n) is 7.22. The highest BCUT2D eigenvalue weighted by atomic mass is 16.5. The Bertz CT molecular complexity index is 611. The summed E-state index contributed by atoms with van der Waals surface area (Å²) in [5, 5.41) is 5.53. The molecule has 1 aliphatic carbocycles. The third-order valence-electron chi connectivity index (χ3n) is 4.76. The average molecular weight is 364 g/mol. The van der Waals surface area contributed by atoms with Crippen molar-refractivity contribution in [3.8, 4) is 0 Å². The summed E-state index contributed by atoms with van der Waals surface area (Å²) in [7, 11) is 0. The highest BCUT2D eigenvalue weighted by molar-refractivity contribution is 5.94. The molecular formula is C19H28N2O5. The molecule has 7 heteroatoms. The highest BCUT2D eigenvalue weighted by Gasteiger charge is 2.28. The van der Waals surface area contributed by atoms with E-state index in [1.807, 2.05) is 0 Å². The minimum atomic E-state index is -0.853. The molecule has 0 saturated heterocycles. The quantitative estimate of drug-likeness (QED) is 0.723. The molecule has 1 fully saturated rings. The Kier molecular flexibility index (Phi) is 7.24. The standard InChI is InChI=1S/C19H28N2O5/c1-12(2)17(21-18(23)15-9-6-10-25-15)19(24)26-11-16(22)20-14-8-5-4-7-13(14)3/h6,9-10,12-14,17H,4-5,7-8,11H2,1-3H3,(H,20,22)(H,21,23)/t13-,14+,17-/m0/s1. The maximum Gasteiger partial charge on any atom is 0.329 e. The van der Waals surface area contributed by atoms with Gasteiger partial charge in [0.05, 0.1) is 6.26 Å². The van der Waals surface area contributed by atoms with Crippen molar-refractivity contribution in [2.24, 2.45) is 11.8 Å². The molecule has 1 aromatic rings. The van der Waals surface area contributed by atoms with Crippen molar-refractivity contribution in [2.45, 2.75) is 58.5 Å². The molecule has 1 heterocycles. The maximum atomic E-state index is 12.3. The Balaban J connectivity index is 1.83. The first kappa shape index (κ1) is 20.0. The molecule has 0 unspecified atom stereocenters. The van der Waals surface area contributed by atoms with Crippen molar-refractivity contribution in [3.05, 3.63) is 24.2 Å². The van der Waals surface area contributed by atoms with Gasteiger partial charge in [0.2, 0.25) is 0 Å². The molecule has 1 aliphatic rings. The molecule has 0 bridgehead atoms. The van der Waals surface area contributed by atoms with E-state index in [0.717, 1.165) is 19.3 Å². The monoisotopic (exact) mass is 364 g/mol. The van der Waals surface area contributed by atoms with E-state index < -0.39 is 17.9 Å². The number of carbonyl (C=O) groups excluding carboxylic acids is 3. The lowest BCUT2D eigenvalue weighted by Gasteiger charge is -2.29. The summed E-state index contributed by atoms with van der Waals surface area (Å²) in [4.78, 5) is 36.4. The van der Waals surface area contributed by atoms with Gasteiger partial charge in [0.25, 0.3) is 11.8 Å². The summed E-state index contributed by atoms with van der Waals surface area (Å²) < 4.78 is 10.1. The van der Waals surface area contributed by atoms with E-state index in [0.29, 0.717) is 5.92 Å². The average Bonchev–Trinajstić information content (AvgIpc) is 3.14. The van der Waals surface area contributed by atoms with Crippen molar-refractivity contribution in [1.82, 2.24) is 10.6 Å². The van der Waals surface area contributed by atoms with Crippen LogP contribution in [-0.4, -0.2) is 36.5 Å². The van der Waals surface area contributed by atoms with Gasteiger partial charge in [0, 0.05) is 6.04 Å². The number of nitrogens with one attached hydrogen (secondary N) is 2. The summed E-state index contributed by atoms with van der Waals surface area (Å²) in [6.45, 7) is 5.35. The van der Waals surface area contributed by atoms with E-state index in [2.05, 4.69) is 17.6 Å². The van der Waals surface area contributed by atoms with E-state index in [1.165, 1.54) is 18.8 Å². The lowest BCUT2D eigenvalue weighted by atomic mass is 9.86. The van der Waals surface area contributed by atoms with Gasteiger partial charge < -0.3 is 19.8 Å². The van der Waals surface area contributed by atoms with Crippen LogP contribution in [0.25, 0.3) is 0 Å². The van der Waals surface area contributed by atoms with E-state index in [9.17, 15) is 14.4 Å². The molecule has 3 atom stereocenters. The Morgan fingerprint density at radius 1 is 1.27 bits per heavy atom. The van der Waals surface area contributed by atoms with Crippen LogP contribution in [0, 0.1) is 11.8 Å². The topological polar surface area (TPSA) is 97.6 Å². The minimum absolute atomic E-state index is 0.118. The van der Waals surface area contributed by atoms with Gasteiger partial charge in [0.15, 0.2) is 12.4 Å². The molecule has 0 radical (unpaired) electrons. The number of amides is 2. The zero-order valence-electron chi connectivity index (χ0n) is 15.6. The summed E-state index contributed by atoms with van der Waals surface area (Å²) >= 11 is 0. The number of carbonyl (C=O) groups is 3. The van der Waals surface area contributed by atoms with E-state index in [4.69, 9.17) is 9.15 Å². The van der Waals surface area contributed by atoms with Crippen LogP contribution in [0.15, 0.2) is 22.8 Å². The van der Waals surface area contributed by atoms with Crippen LogP contribution >= 0.6 is 0 Å². The Labute approximate surface area is 153 Å². The molecule has 0 spiro atoms. The van der Waals surface area contributed by atoms with Crippen molar-refractivity contribution in [3.63, 3.8) is 0 Å². The molecule has 2 N–H and O–H groups in total. The molecule has 2 amide bonds. The molecule has 7 nitrogen and oxygen atoms in total. The normalized spacial score (nSPS) is 21.1. The second-order valence-corrected chi connectivity index (χ2v) is 7.22. The van der Waals surface area contributed by atoms with Gasteiger partial charge in [-0.25, -0.2) is 4.79 Å². The number of rotatable bonds is 7. The predicted molar refractivity (Wildman–Crippen MR) is 95.3 cm³/mol. The number of esters is 1. The SMILES string of the molecule is CC(C)[C@H](NC(=O)c1ccco1)C(=O)OCC(=O)N[C@@H]1CCCC[C@@H]1C. The molecular weight excluding hydrogens is 336 g/mol. The third kappa shape index (κ3) is 5.61. The maximum absolute atomic E-state index is 12.3. The van der Waals surface area contributed by atoms with Crippen LogP contribution in [0.1, 0.15) is 57.0 Å². The molecule has 0 aliphatic heterocycles. The third-order valence-corrected chi connectivity index (χ3v) is 4.76. The summed E-state index contributed by atoms with van der Waals surface area (Å²) in [5.74, 6) is -1.08. The molecule has 26 heavy (non-hydrogen) atoms. The van der Waals surface area contributed by atoms with Crippen molar-refractivity contribution in [2.75, 3.05) is 6.61 Å². The number of ether oxygens (including phenoxy) is 1. The Hall–Kier alpha value is -2.31. The van der Waals surface area contributed by atoms with Crippen LogP contribution in [0.5, 0.6) is 0 Å². The fourth-order valence-electron chi connectivity index (χ4n) is 3.12. The first-order valence-electron chi connectivity index (χ1n) is 9.19. The fraction of sp³-hybridized carbons (Fsp3) is 0.632. The minimum Gasteiger partial charge on any atom is -0.459 e. The van der Waals surface area contributed by atoms with Crippen LogP contribution in [0.2, 0.25) is 0 Å². The van der Waals surface area contributed by atoms with E-state index >= 15 is 0 Å². The van der Waals surface area contributed by atoms with Crippen LogP contribution in [0.3, 0.4) is 0 Å². The van der Waals surface area contributed by atoms with Gasteiger partial charge in [-0.3, -0.25) is 9.59 Å². The zero-order valence-corrected chi connectivity index (χ0v) is 15.6. The second kappa shape index (κ2) is 9.40. The smallest absolute Gasteiger partial charge is 0.329 e. The first-order valence-corrected chi connectivity index (χ1v) is 9.19. The lowest BCUT2D eigenvalue weighted by molar-refractivity contribution is -0.151. The first-order chi connectivity index (χ1) is 12.4. The fourth-order valence-corrected chi connectivity index (χ4v) is 3.12. The van der Waals surface area contributed by atoms with Gasteiger partial charge in [-0.05, 0) is 36.8 Å². The Morgan fingerprint density at radius 3 is 2.62 bits per heavy atom. The highest BCUT2D eigenvalue weighted by Crippen LogP contribution is 2.23. The van der Waals surface area contributed by atoms with E-state index in [-0.39, 0.29) is 30.2 Å². The van der Waals surface area contributed by atoms with Crippen LogP contribution in [-0.2, 0) is 14.3 Å². The Morgan fingerprint density at radius 2 is 2.00 bits per heavy atom. The summed E-state index contributed by atoms with van der Waals surface area (Å²) in [6, 6.07) is 2.38. The zero-order chi connectivity index (χ0) is 19.1. The number of hydrogen-bond donors (Lipinski definition) is 2. The van der Waals surface area contributed by atoms with Crippen LogP contribution in [0.4, 0.5) is 0 Å².